The minimum atomic E-state index is 0.0589. The number of carbonyl (C=O) groups is 1. The molecule has 0 spiro atoms. The maximum absolute atomic E-state index is 10.8. The van der Waals surface area contributed by atoms with E-state index in [-0.39, 0.29) is 5.91 Å². The Kier molecular flexibility index (Phi) is 7.08. The molecule has 66 valence electrons. The molecule has 0 atom stereocenters. The number of rotatable bonds is 6. The van der Waals surface area contributed by atoms with E-state index in [2.05, 4.69) is 16.0 Å². The minimum absolute atomic E-state index is 0.0589. The average Bonchev–Trinajstić information content (AvgIpc) is 1.99. The Hall–Kier alpha value is -0.610. The number of nitrogens with one attached hydrogen (secondary N) is 3. The van der Waals surface area contributed by atoms with Gasteiger partial charge in [0, 0.05) is 6.54 Å². The summed E-state index contributed by atoms with van der Waals surface area (Å²) in [5.41, 5.74) is 0. The van der Waals surface area contributed by atoms with Gasteiger partial charge in [-0.3, -0.25) is 4.79 Å². The van der Waals surface area contributed by atoms with Crippen molar-refractivity contribution in [3.63, 3.8) is 0 Å². The number of hydrogen-bond donors (Lipinski definition) is 3. The second-order valence-corrected chi connectivity index (χ2v) is 2.34. The van der Waals surface area contributed by atoms with Crippen LogP contribution in [-0.2, 0) is 4.79 Å². The van der Waals surface area contributed by atoms with E-state index in [1.54, 1.807) is 7.05 Å². The molecule has 0 aromatic heterocycles. The molecule has 0 aromatic rings. The van der Waals surface area contributed by atoms with E-state index in [1.807, 2.05) is 7.05 Å². The molecule has 1 amide bonds. The monoisotopic (exact) mass is 159 g/mol. The molecule has 0 fully saturated rings. The van der Waals surface area contributed by atoms with Crippen molar-refractivity contribution in [2.75, 3.05) is 33.7 Å². The molecular weight excluding hydrogens is 142 g/mol. The summed E-state index contributed by atoms with van der Waals surface area (Å²) in [5, 5.41) is 8.56. The van der Waals surface area contributed by atoms with Gasteiger partial charge in [0.05, 0.1) is 6.54 Å². The highest BCUT2D eigenvalue weighted by Gasteiger charge is 1.95. The summed E-state index contributed by atoms with van der Waals surface area (Å²) in [4.78, 5) is 10.8. The van der Waals surface area contributed by atoms with Crippen LogP contribution in [-0.4, -0.2) is 39.6 Å². The average molecular weight is 159 g/mol. The first-order chi connectivity index (χ1) is 5.31. The Morgan fingerprint density at radius 3 is 2.45 bits per heavy atom. The van der Waals surface area contributed by atoms with Crippen LogP contribution in [0, 0.1) is 0 Å². The highest BCUT2D eigenvalue weighted by molar-refractivity contribution is 5.77. The van der Waals surface area contributed by atoms with Gasteiger partial charge in [0.2, 0.25) is 5.91 Å². The van der Waals surface area contributed by atoms with Crippen molar-refractivity contribution in [1.82, 2.24) is 16.0 Å². The lowest BCUT2D eigenvalue weighted by Gasteiger charge is -2.03. The highest BCUT2D eigenvalue weighted by atomic mass is 16.1. The van der Waals surface area contributed by atoms with Crippen LogP contribution in [0.2, 0.25) is 0 Å². The van der Waals surface area contributed by atoms with Crippen LogP contribution in [0.15, 0.2) is 0 Å². The van der Waals surface area contributed by atoms with Crippen molar-refractivity contribution in [3.8, 4) is 0 Å². The third-order valence-electron chi connectivity index (χ3n) is 1.26. The lowest BCUT2D eigenvalue weighted by atomic mass is 10.4. The van der Waals surface area contributed by atoms with Crippen LogP contribution in [0.3, 0.4) is 0 Å². The quantitative estimate of drug-likeness (QED) is 0.433. The zero-order valence-corrected chi connectivity index (χ0v) is 7.24. The second-order valence-electron chi connectivity index (χ2n) is 2.34. The topological polar surface area (TPSA) is 53.2 Å². The first kappa shape index (κ1) is 10.4. The Morgan fingerprint density at radius 1 is 1.18 bits per heavy atom. The van der Waals surface area contributed by atoms with Gasteiger partial charge in [-0.15, -0.1) is 0 Å². The van der Waals surface area contributed by atoms with Crippen LogP contribution in [0.4, 0.5) is 0 Å². The molecule has 4 heteroatoms. The molecule has 0 aliphatic heterocycles. The molecule has 4 nitrogen and oxygen atoms in total. The van der Waals surface area contributed by atoms with Crippen molar-refractivity contribution >= 4 is 5.91 Å². The van der Waals surface area contributed by atoms with E-state index < -0.39 is 0 Å². The van der Waals surface area contributed by atoms with Crippen molar-refractivity contribution in [2.24, 2.45) is 0 Å². The van der Waals surface area contributed by atoms with Gasteiger partial charge in [0.15, 0.2) is 0 Å². The molecule has 11 heavy (non-hydrogen) atoms. The summed E-state index contributed by atoms with van der Waals surface area (Å²) < 4.78 is 0. The van der Waals surface area contributed by atoms with E-state index in [4.69, 9.17) is 0 Å². The first-order valence-corrected chi connectivity index (χ1v) is 3.87. The third-order valence-corrected chi connectivity index (χ3v) is 1.26. The van der Waals surface area contributed by atoms with E-state index in [1.165, 1.54) is 0 Å². The predicted octanol–water partition coefficient (Wildman–Crippen LogP) is -1.07. The van der Waals surface area contributed by atoms with Gasteiger partial charge in [-0.1, -0.05) is 0 Å². The zero-order chi connectivity index (χ0) is 8.53. The molecule has 0 saturated carbocycles. The first-order valence-electron chi connectivity index (χ1n) is 3.87. The molecule has 0 rings (SSSR count). The summed E-state index contributed by atoms with van der Waals surface area (Å²) in [5.74, 6) is 0.0589. The number of amides is 1. The molecule has 0 heterocycles. The lowest BCUT2D eigenvalue weighted by Crippen LogP contribution is -2.33. The van der Waals surface area contributed by atoms with Crippen LogP contribution in [0.5, 0.6) is 0 Å². The molecule has 0 aliphatic carbocycles. The molecule has 0 radical (unpaired) electrons. The van der Waals surface area contributed by atoms with E-state index in [9.17, 15) is 4.79 Å². The maximum Gasteiger partial charge on any atom is 0.233 e. The Morgan fingerprint density at radius 2 is 1.91 bits per heavy atom. The van der Waals surface area contributed by atoms with E-state index in [0.29, 0.717) is 6.54 Å². The van der Waals surface area contributed by atoms with Gasteiger partial charge >= 0.3 is 0 Å². The van der Waals surface area contributed by atoms with Gasteiger partial charge in [0.1, 0.15) is 0 Å². The van der Waals surface area contributed by atoms with E-state index in [0.717, 1.165) is 19.5 Å². The summed E-state index contributed by atoms with van der Waals surface area (Å²) in [6.07, 6.45) is 0.978. The fourth-order valence-corrected chi connectivity index (χ4v) is 0.716. The second kappa shape index (κ2) is 7.50. The van der Waals surface area contributed by atoms with Gasteiger partial charge in [-0.25, -0.2) is 0 Å². The van der Waals surface area contributed by atoms with Crippen molar-refractivity contribution < 1.29 is 4.79 Å². The van der Waals surface area contributed by atoms with Crippen LogP contribution < -0.4 is 16.0 Å². The van der Waals surface area contributed by atoms with Crippen molar-refractivity contribution in [1.29, 1.82) is 0 Å². The van der Waals surface area contributed by atoms with Gasteiger partial charge in [0.25, 0.3) is 0 Å². The molecule has 3 N–H and O–H groups in total. The van der Waals surface area contributed by atoms with Crippen LogP contribution >= 0.6 is 0 Å². The molecular formula is C7H17N3O. The molecule has 0 aliphatic rings. The minimum Gasteiger partial charge on any atom is -0.355 e. The summed E-state index contributed by atoms with van der Waals surface area (Å²) in [6, 6.07) is 0. The zero-order valence-electron chi connectivity index (χ0n) is 7.24. The van der Waals surface area contributed by atoms with Crippen LogP contribution in [0.25, 0.3) is 0 Å². The molecule has 0 saturated heterocycles. The Bertz CT molecular complexity index is 106. The number of hydrogen-bond acceptors (Lipinski definition) is 3. The number of likely N-dealkylation sites (N-methyl/N-ethyl adjacent to an activating group) is 1. The van der Waals surface area contributed by atoms with Gasteiger partial charge in [-0.2, -0.15) is 0 Å². The summed E-state index contributed by atoms with van der Waals surface area (Å²) in [6.45, 7) is 2.10. The van der Waals surface area contributed by atoms with Gasteiger partial charge < -0.3 is 16.0 Å². The molecule has 0 unspecified atom stereocenters. The predicted molar refractivity (Wildman–Crippen MR) is 45.5 cm³/mol. The van der Waals surface area contributed by atoms with Gasteiger partial charge in [-0.05, 0) is 27.1 Å². The molecule has 0 bridgehead atoms. The maximum atomic E-state index is 10.8. The standard InChI is InChI=1S/C7H17N3O/c1-8-4-3-5-10-7(11)6-9-2/h8-9H,3-6H2,1-2H3,(H,10,11). The third kappa shape index (κ3) is 7.29. The van der Waals surface area contributed by atoms with Crippen molar-refractivity contribution in [2.45, 2.75) is 6.42 Å². The van der Waals surface area contributed by atoms with E-state index >= 15 is 0 Å². The summed E-state index contributed by atoms with van der Waals surface area (Å²) in [7, 11) is 3.66. The fourth-order valence-electron chi connectivity index (χ4n) is 0.716. The fraction of sp³-hybridized carbons (Fsp3) is 0.857. The van der Waals surface area contributed by atoms with Crippen LogP contribution in [0.1, 0.15) is 6.42 Å². The van der Waals surface area contributed by atoms with Crippen molar-refractivity contribution in [3.05, 3.63) is 0 Å². The smallest absolute Gasteiger partial charge is 0.233 e. The highest BCUT2D eigenvalue weighted by Crippen LogP contribution is 1.71. The lowest BCUT2D eigenvalue weighted by molar-refractivity contribution is -0.120. The Balaban J connectivity index is 3.04. The largest absolute Gasteiger partial charge is 0.355 e. The molecule has 0 aromatic carbocycles. The number of carbonyl (C=O) groups excluding carboxylic acids is 1. The SMILES string of the molecule is CNCCCNC(=O)CNC. The Labute approximate surface area is 67.7 Å². The normalized spacial score (nSPS) is 9.64. The summed E-state index contributed by atoms with van der Waals surface area (Å²) >= 11 is 0.